The number of aryl methyl sites for hydroxylation is 1. The number of ether oxygens (including phenoxy) is 1. The number of alkyl carbamates (subject to hydrolysis) is 1. The van der Waals surface area contributed by atoms with Gasteiger partial charge >= 0.3 is 12.3 Å². The number of nitrogens with zero attached hydrogens (tertiary/aromatic N) is 1. The maximum Gasteiger partial charge on any atom is 0.408 e. The highest BCUT2D eigenvalue weighted by Gasteiger charge is 2.32. The highest BCUT2D eigenvalue weighted by Crippen LogP contribution is 2.21. The molecule has 0 bridgehead atoms. The lowest BCUT2D eigenvalue weighted by molar-refractivity contribution is -0.135. The Kier molecular flexibility index (Phi) is 15.0. The minimum absolute atomic E-state index is 0.108. The Bertz CT molecular complexity index is 1490. The van der Waals surface area contributed by atoms with Gasteiger partial charge in [-0.1, -0.05) is 61.5 Å². The number of carbonyl (C=O) groups excluding carboxylic acids is 2. The van der Waals surface area contributed by atoms with Gasteiger partial charge in [-0.05, 0) is 53.6 Å². The molecule has 2 amide bonds. The van der Waals surface area contributed by atoms with Crippen LogP contribution in [0.5, 0.6) is 0 Å². The molecule has 48 heavy (non-hydrogen) atoms. The summed E-state index contributed by atoms with van der Waals surface area (Å²) in [5, 5.41) is 13.4. The first kappa shape index (κ1) is 38.6. The van der Waals surface area contributed by atoms with Crippen LogP contribution in [0.2, 0.25) is 0 Å². The molecule has 3 N–H and O–H groups in total. The number of carbonyl (C=O) groups is 2. The van der Waals surface area contributed by atoms with Crippen LogP contribution < -0.4 is 11.1 Å². The maximum atomic E-state index is 14.1. The van der Waals surface area contributed by atoms with Crippen molar-refractivity contribution in [3.63, 3.8) is 0 Å². The molecule has 3 aromatic rings. The van der Waals surface area contributed by atoms with Gasteiger partial charge in [-0.25, -0.2) is 13.6 Å². The third-order valence-electron chi connectivity index (χ3n) is 7.32. The lowest BCUT2D eigenvalue weighted by Gasteiger charge is -2.31. The van der Waals surface area contributed by atoms with Crippen molar-refractivity contribution in [2.45, 2.75) is 70.1 Å². The van der Waals surface area contributed by atoms with Crippen LogP contribution in [0.1, 0.15) is 42.0 Å². The number of nitrogens with one attached hydrogen (secondary N) is 2. The van der Waals surface area contributed by atoms with Crippen molar-refractivity contribution < 1.29 is 45.6 Å². The molecule has 0 saturated heterocycles. The van der Waals surface area contributed by atoms with Crippen molar-refractivity contribution in [2.24, 2.45) is 0 Å². The lowest BCUT2D eigenvalue weighted by Crippen LogP contribution is -2.53. The van der Waals surface area contributed by atoms with Crippen molar-refractivity contribution in [3.8, 4) is 0 Å². The first-order valence-corrected chi connectivity index (χ1v) is 16.8. The smallest absolute Gasteiger partial charge is 0.408 e. The number of benzene rings is 3. The Morgan fingerprint density at radius 1 is 0.958 bits per heavy atom. The molecule has 0 aliphatic carbocycles. The summed E-state index contributed by atoms with van der Waals surface area (Å²) in [6, 6.07) is 15.7. The van der Waals surface area contributed by atoms with Crippen LogP contribution in [0.15, 0.2) is 72.8 Å². The fourth-order valence-corrected chi connectivity index (χ4v) is 6.11. The molecule has 1 unspecified atom stereocenters. The van der Waals surface area contributed by atoms with Gasteiger partial charge in [0.15, 0.2) is 0 Å². The molecule has 0 saturated carbocycles. The average Bonchev–Trinajstić information content (AvgIpc) is 3.02. The van der Waals surface area contributed by atoms with Gasteiger partial charge in [-0.15, -0.1) is 0 Å². The monoisotopic (exact) mass is 696 g/mol. The highest BCUT2D eigenvalue weighted by atomic mass is 32.2. The summed E-state index contributed by atoms with van der Waals surface area (Å²) in [6.45, 7) is 1.21. The number of halogens is 5. The molecule has 3 aromatic carbocycles. The van der Waals surface area contributed by atoms with Crippen molar-refractivity contribution in [3.05, 3.63) is 107 Å². The van der Waals surface area contributed by atoms with Crippen LogP contribution in [0.4, 0.5) is 26.7 Å². The second-order valence-corrected chi connectivity index (χ2v) is 13.0. The number of alkyl halides is 3. The van der Waals surface area contributed by atoms with Gasteiger partial charge in [0.2, 0.25) is 5.91 Å². The Balaban J connectivity index is 1.84. The Morgan fingerprint density at radius 3 is 2.25 bits per heavy atom. The topological polar surface area (TPSA) is 120 Å². The minimum atomic E-state index is -4.46. The van der Waals surface area contributed by atoms with Gasteiger partial charge < -0.3 is 20.1 Å². The summed E-state index contributed by atoms with van der Waals surface area (Å²) in [5.74, 6) is -3.44. The number of aliphatic hydroxyl groups excluding tert-OH is 1. The summed E-state index contributed by atoms with van der Waals surface area (Å²) in [4.78, 5) is 28.0. The van der Waals surface area contributed by atoms with Crippen LogP contribution >= 0.6 is 0 Å². The van der Waals surface area contributed by atoms with Gasteiger partial charge in [0.25, 0.3) is 0 Å². The van der Waals surface area contributed by atoms with Gasteiger partial charge in [0, 0.05) is 42.1 Å². The van der Waals surface area contributed by atoms with Gasteiger partial charge in [0.1, 0.15) is 24.3 Å². The van der Waals surface area contributed by atoms with Gasteiger partial charge in [0.05, 0.1) is 17.9 Å². The SMILES string of the molecule is CCc1cccc(CN(C[C@@H](O)[C@@H]([NH])Cc2cc(F)cc(F)c2)C(=O)[C@@H](CS(=O)CCCC(F)(F)F)NC(=O)OCc2ccccc2)c1. The van der Waals surface area contributed by atoms with E-state index >= 15 is 0 Å². The van der Waals surface area contributed by atoms with E-state index in [1.807, 2.05) is 19.1 Å². The van der Waals surface area contributed by atoms with E-state index in [9.17, 15) is 40.9 Å². The number of hydrogen-bond donors (Lipinski definition) is 2. The molecule has 0 aromatic heterocycles. The predicted octanol–water partition coefficient (Wildman–Crippen LogP) is 5.50. The molecule has 14 heteroatoms. The van der Waals surface area contributed by atoms with Crippen molar-refractivity contribution >= 4 is 22.8 Å². The zero-order valence-corrected chi connectivity index (χ0v) is 27.2. The Hall–Kier alpha value is -3.88. The molecule has 0 fully saturated rings. The Morgan fingerprint density at radius 2 is 1.60 bits per heavy atom. The largest absolute Gasteiger partial charge is 0.445 e. The minimum Gasteiger partial charge on any atom is -0.445 e. The van der Waals surface area contributed by atoms with Crippen molar-refractivity contribution in [1.29, 1.82) is 0 Å². The molecule has 3 rings (SSSR count). The maximum absolute atomic E-state index is 14.1. The molecule has 4 atom stereocenters. The second-order valence-electron chi connectivity index (χ2n) is 11.3. The van der Waals surface area contributed by atoms with Crippen LogP contribution in [-0.2, 0) is 46.3 Å². The molecule has 0 aliphatic rings. The summed E-state index contributed by atoms with van der Waals surface area (Å²) in [6.07, 6.45) is -8.22. The quantitative estimate of drug-likeness (QED) is 0.181. The van der Waals surface area contributed by atoms with Crippen LogP contribution in [0, 0.1) is 11.6 Å². The summed E-state index contributed by atoms with van der Waals surface area (Å²) in [7, 11) is -1.97. The first-order valence-electron chi connectivity index (χ1n) is 15.3. The van der Waals surface area contributed by atoms with E-state index in [2.05, 4.69) is 5.32 Å². The zero-order valence-electron chi connectivity index (χ0n) is 26.3. The van der Waals surface area contributed by atoms with E-state index in [1.165, 1.54) is 0 Å². The van der Waals surface area contributed by atoms with E-state index in [0.29, 0.717) is 23.6 Å². The van der Waals surface area contributed by atoms with Crippen molar-refractivity contribution in [1.82, 2.24) is 16.0 Å². The van der Waals surface area contributed by atoms with E-state index in [-0.39, 0.29) is 30.9 Å². The van der Waals surface area contributed by atoms with Crippen LogP contribution in [-0.4, -0.2) is 68.6 Å². The fourth-order valence-electron chi connectivity index (χ4n) is 4.88. The number of amides is 2. The summed E-state index contributed by atoms with van der Waals surface area (Å²) < 4.78 is 83.8. The standard InChI is InChI=1S/C34H39F5N3O5S/c1-2-23-10-6-11-25(14-23)19-42(20-31(43)29(40)17-26-15-27(35)18-28(36)16-26)32(44)30(22-48(46)13-7-12-34(37,38)39)41-33(45)47-21-24-8-4-3-5-9-24/h3-6,8-11,14-16,18,29-31,40,43H,2,7,12-13,17,19-22H2,1H3,(H,41,45)/t29-,30+,31+,48?/m0/s1. The van der Waals surface area contributed by atoms with Crippen molar-refractivity contribution in [2.75, 3.05) is 18.1 Å². The molecule has 0 heterocycles. The zero-order chi connectivity index (χ0) is 35.3. The highest BCUT2D eigenvalue weighted by molar-refractivity contribution is 7.85. The predicted molar refractivity (Wildman–Crippen MR) is 171 cm³/mol. The second kappa shape index (κ2) is 18.6. The molecular weight excluding hydrogens is 657 g/mol. The molecule has 0 aliphatic heterocycles. The molecule has 261 valence electrons. The summed E-state index contributed by atoms with van der Waals surface area (Å²) >= 11 is 0. The average molecular weight is 697 g/mol. The van der Waals surface area contributed by atoms with E-state index in [4.69, 9.17) is 10.5 Å². The first-order chi connectivity index (χ1) is 22.7. The van der Waals surface area contributed by atoms with Gasteiger partial charge in [-0.2, -0.15) is 13.2 Å². The third-order valence-corrected chi connectivity index (χ3v) is 8.77. The van der Waals surface area contributed by atoms with E-state index in [0.717, 1.165) is 22.6 Å². The third kappa shape index (κ3) is 13.7. The fraction of sp³-hybridized carbons (Fsp3) is 0.412. The Labute approximate surface area is 278 Å². The van der Waals surface area contributed by atoms with Gasteiger partial charge in [-0.3, -0.25) is 14.7 Å². The van der Waals surface area contributed by atoms with Crippen LogP contribution in [0.3, 0.4) is 0 Å². The molecular formula is C34H39F5N3O5S. The normalized spacial score (nSPS) is 14.1. The number of rotatable bonds is 17. The summed E-state index contributed by atoms with van der Waals surface area (Å²) in [5.41, 5.74) is 10.8. The number of hydrogen-bond acceptors (Lipinski definition) is 5. The number of aliphatic hydroxyl groups is 1. The molecule has 1 radical (unpaired) electrons. The van der Waals surface area contributed by atoms with E-state index in [1.54, 1.807) is 42.5 Å². The van der Waals surface area contributed by atoms with E-state index < -0.39 is 83.9 Å². The van der Waals surface area contributed by atoms with Crippen LogP contribution in [0.25, 0.3) is 0 Å². The molecule has 8 nitrogen and oxygen atoms in total. The molecule has 0 spiro atoms. The lowest BCUT2D eigenvalue weighted by atomic mass is 10.0.